The molecule has 1 atom stereocenters. The van der Waals surface area contributed by atoms with Crippen molar-refractivity contribution in [1.82, 2.24) is 4.72 Å². The summed E-state index contributed by atoms with van der Waals surface area (Å²) < 4.78 is 43.1. The van der Waals surface area contributed by atoms with Gasteiger partial charge < -0.3 is 4.74 Å². The van der Waals surface area contributed by atoms with Gasteiger partial charge in [-0.3, -0.25) is 4.79 Å². The van der Waals surface area contributed by atoms with Crippen molar-refractivity contribution in [2.45, 2.75) is 6.10 Å². The second-order valence-corrected chi connectivity index (χ2v) is 6.88. The summed E-state index contributed by atoms with van der Waals surface area (Å²) in [5, 5.41) is -0.169. The molecule has 1 unspecified atom stereocenters. The first-order valence-corrected chi connectivity index (χ1v) is 8.71. The zero-order chi connectivity index (χ0) is 17.0. The van der Waals surface area contributed by atoms with Gasteiger partial charge in [-0.15, -0.1) is 0 Å². The highest BCUT2D eigenvalue weighted by atomic mass is 35.5. The van der Waals surface area contributed by atoms with E-state index in [1.165, 1.54) is 12.1 Å². The molecule has 0 aliphatic heterocycles. The predicted molar refractivity (Wildman–Crippen MR) is 84.2 cm³/mol. The molecule has 0 aliphatic rings. The fraction of sp³-hybridized carbons (Fsp3) is 0.133. The summed E-state index contributed by atoms with van der Waals surface area (Å²) in [5.41, 5.74) is 0.439. The van der Waals surface area contributed by atoms with Gasteiger partial charge in [-0.2, -0.15) is 0 Å². The molecule has 2 aromatic carbocycles. The van der Waals surface area contributed by atoms with Gasteiger partial charge in [-0.05, 0) is 12.1 Å². The largest absolute Gasteiger partial charge is 0.476 e. The lowest BCUT2D eigenvalue weighted by atomic mass is 10.1. The minimum atomic E-state index is -3.75. The van der Waals surface area contributed by atoms with Gasteiger partial charge in [0.15, 0.2) is 0 Å². The molecule has 0 heterocycles. The summed E-state index contributed by atoms with van der Waals surface area (Å²) >= 11 is 5.68. The number of sulfonamides is 1. The van der Waals surface area contributed by atoms with Crippen LogP contribution in [0.15, 0.2) is 48.5 Å². The van der Waals surface area contributed by atoms with Crippen molar-refractivity contribution in [3.05, 3.63) is 64.9 Å². The normalized spacial score (nSPS) is 12.5. The van der Waals surface area contributed by atoms with Gasteiger partial charge in [0.25, 0.3) is 5.91 Å². The van der Waals surface area contributed by atoms with Crippen molar-refractivity contribution in [3.8, 4) is 5.75 Å². The summed E-state index contributed by atoms with van der Waals surface area (Å²) in [6.07, 6.45) is -0.366. The molecule has 1 N–H and O–H groups in total. The number of benzene rings is 2. The quantitative estimate of drug-likeness (QED) is 0.893. The smallest absolute Gasteiger partial charge is 0.279 e. The maximum atomic E-state index is 13.2. The van der Waals surface area contributed by atoms with E-state index in [9.17, 15) is 17.6 Å². The highest BCUT2D eigenvalue weighted by molar-refractivity contribution is 7.89. The average Bonchev–Trinajstić information content (AvgIpc) is 2.47. The number of ether oxygens (including phenoxy) is 1. The molecule has 5 nitrogen and oxygen atoms in total. The minimum absolute atomic E-state index is 0.133. The Labute approximate surface area is 138 Å². The molecule has 0 saturated carbocycles. The van der Waals surface area contributed by atoms with Gasteiger partial charge in [-0.25, -0.2) is 17.5 Å². The monoisotopic (exact) mass is 357 g/mol. The highest BCUT2D eigenvalue weighted by Crippen LogP contribution is 2.26. The maximum absolute atomic E-state index is 13.2. The Kier molecular flexibility index (Phi) is 5.23. The van der Waals surface area contributed by atoms with Crippen molar-refractivity contribution in [3.63, 3.8) is 0 Å². The van der Waals surface area contributed by atoms with Gasteiger partial charge in [0.2, 0.25) is 16.1 Å². The zero-order valence-electron chi connectivity index (χ0n) is 12.0. The molecule has 2 aromatic rings. The third-order valence-corrected chi connectivity index (χ3v) is 3.63. The average molecular weight is 358 g/mol. The Morgan fingerprint density at radius 1 is 1.22 bits per heavy atom. The summed E-state index contributed by atoms with van der Waals surface area (Å²) in [6, 6.07) is 11.9. The van der Waals surface area contributed by atoms with Crippen LogP contribution >= 0.6 is 11.6 Å². The van der Waals surface area contributed by atoms with Gasteiger partial charge in [-0.1, -0.05) is 41.9 Å². The molecular weight excluding hydrogens is 345 g/mol. The first kappa shape index (κ1) is 17.2. The zero-order valence-corrected chi connectivity index (χ0v) is 13.6. The minimum Gasteiger partial charge on any atom is -0.476 e. The summed E-state index contributed by atoms with van der Waals surface area (Å²) in [7, 11) is -3.75. The second-order valence-electron chi connectivity index (χ2n) is 4.72. The fourth-order valence-corrected chi connectivity index (χ4v) is 2.47. The number of amides is 1. The van der Waals surface area contributed by atoms with Crippen molar-refractivity contribution in [2.24, 2.45) is 0 Å². The van der Waals surface area contributed by atoms with Crippen LogP contribution in [0.4, 0.5) is 4.39 Å². The van der Waals surface area contributed by atoms with Crippen molar-refractivity contribution in [2.75, 3.05) is 6.26 Å². The number of halogens is 2. The lowest BCUT2D eigenvalue weighted by Crippen LogP contribution is -2.36. The molecule has 0 fully saturated rings. The Balaban J connectivity index is 2.33. The lowest BCUT2D eigenvalue weighted by molar-refractivity contribution is -0.126. The van der Waals surface area contributed by atoms with E-state index in [2.05, 4.69) is 0 Å². The predicted octanol–water partition coefficient (Wildman–Crippen LogP) is 2.68. The van der Waals surface area contributed by atoms with Crippen LogP contribution in [0.5, 0.6) is 5.75 Å². The summed E-state index contributed by atoms with van der Waals surface area (Å²) in [6.45, 7) is 0. The van der Waals surface area contributed by atoms with Crippen molar-refractivity contribution >= 4 is 27.5 Å². The standard InChI is InChI=1S/C15H13ClFNO4S/c1-23(20,21)18-15(19)14(10-5-3-2-4-6-10)22-11-7-8-13(17)12(16)9-11/h2-9,14H,1H3,(H,18,19). The fourth-order valence-electron chi connectivity index (χ4n) is 1.82. The van der Waals surface area contributed by atoms with Gasteiger partial charge in [0.1, 0.15) is 11.6 Å². The molecule has 0 aromatic heterocycles. The third kappa shape index (κ3) is 4.94. The number of carbonyl (C=O) groups excluding carboxylic acids is 1. The molecular formula is C15H13ClFNO4S. The van der Waals surface area contributed by atoms with E-state index in [4.69, 9.17) is 16.3 Å². The van der Waals surface area contributed by atoms with E-state index in [1.54, 1.807) is 30.3 Å². The van der Waals surface area contributed by atoms with Crippen LogP contribution in [0.1, 0.15) is 11.7 Å². The van der Waals surface area contributed by atoms with Crippen LogP contribution < -0.4 is 9.46 Å². The van der Waals surface area contributed by atoms with Gasteiger partial charge >= 0.3 is 0 Å². The van der Waals surface area contributed by atoms with Crippen LogP contribution in [0, 0.1) is 5.82 Å². The highest BCUT2D eigenvalue weighted by Gasteiger charge is 2.25. The molecule has 23 heavy (non-hydrogen) atoms. The van der Waals surface area contributed by atoms with Gasteiger partial charge in [0.05, 0.1) is 11.3 Å². The van der Waals surface area contributed by atoms with Gasteiger partial charge in [0, 0.05) is 11.6 Å². The number of carbonyl (C=O) groups is 1. The Bertz CT molecular complexity index is 811. The first-order chi connectivity index (χ1) is 10.8. The van der Waals surface area contributed by atoms with Crippen molar-refractivity contribution in [1.29, 1.82) is 0 Å². The molecule has 0 radical (unpaired) electrons. The Hall–Kier alpha value is -2.12. The van der Waals surface area contributed by atoms with E-state index < -0.39 is 27.9 Å². The molecule has 0 spiro atoms. The molecule has 0 bridgehead atoms. The van der Waals surface area contributed by atoms with Crippen molar-refractivity contribution < 1.29 is 22.3 Å². The number of hydrogen-bond acceptors (Lipinski definition) is 4. The molecule has 2 rings (SSSR count). The molecule has 8 heteroatoms. The number of hydrogen-bond donors (Lipinski definition) is 1. The Morgan fingerprint density at radius 2 is 1.87 bits per heavy atom. The van der Waals surface area contributed by atoms with Crippen LogP contribution in [0.25, 0.3) is 0 Å². The lowest BCUT2D eigenvalue weighted by Gasteiger charge is -2.18. The third-order valence-electron chi connectivity index (χ3n) is 2.77. The van der Waals surface area contributed by atoms with Crippen LogP contribution in [0.3, 0.4) is 0 Å². The summed E-state index contributed by atoms with van der Waals surface area (Å²) in [4.78, 5) is 12.2. The van der Waals surface area contributed by atoms with E-state index in [0.717, 1.165) is 12.3 Å². The topological polar surface area (TPSA) is 72.5 Å². The van der Waals surface area contributed by atoms with E-state index >= 15 is 0 Å². The number of rotatable bonds is 5. The Morgan fingerprint density at radius 3 is 2.43 bits per heavy atom. The van der Waals surface area contributed by atoms with E-state index in [-0.39, 0.29) is 10.8 Å². The SMILES string of the molecule is CS(=O)(=O)NC(=O)C(Oc1ccc(F)c(Cl)c1)c1ccccc1. The molecule has 1 amide bonds. The molecule has 122 valence electrons. The van der Waals surface area contributed by atoms with E-state index in [0.29, 0.717) is 5.56 Å². The first-order valence-electron chi connectivity index (χ1n) is 6.44. The number of nitrogens with one attached hydrogen (secondary N) is 1. The molecule has 0 aliphatic carbocycles. The van der Waals surface area contributed by atoms with Crippen LogP contribution in [-0.2, 0) is 14.8 Å². The second kappa shape index (κ2) is 6.97. The molecule has 0 saturated heterocycles. The van der Waals surface area contributed by atoms with Crippen LogP contribution in [-0.4, -0.2) is 20.6 Å². The van der Waals surface area contributed by atoms with E-state index in [1.807, 2.05) is 4.72 Å². The maximum Gasteiger partial charge on any atom is 0.279 e. The van der Waals surface area contributed by atoms with Crippen LogP contribution in [0.2, 0.25) is 5.02 Å². The summed E-state index contributed by atoms with van der Waals surface area (Å²) in [5.74, 6) is -1.36.